The Labute approximate surface area is 182 Å². The molecule has 0 N–H and O–H groups in total. The lowest BCUT2D eigenvalue weighted by Gasteiger charge is -2.44. The molecule has 31 heavy (non-hydrogen) atoms. The summed E-state index contributed by atoms with van der Waals surface area (Å²) < 4.78 is 58.9. The highest BCUT2D eigenvalue weighted by atomic mass is 19.3. The van der Waals surface area contributed by atoms with Gasteiger partial charge in [0.2, 0.25) is 0 Å². The van der Waals surface area contributed by atoms with Crippen molar-refractivity contribution in [2.45, 2.75) is 58.5 Å². The van der Waals surface area contributed by atoms with E-state index in [1.165, 1.54) is 19.1 Å². The molecule has 0 radical (unpaired) electrons. The predicted octanol–water partition coefficient (Wildman–Crippen LogP) is 7.57. The first-order chi connectivity index (χ1) is 14.6. The molecule has 1 unspecified atom stereocenters. The van der Waals surface area contributed by atoms with Crippen LogP contribution in [0.4, 0.5) is 17.6 Å². The van der Waals surface area contributed by atoms with Crippen LogP contribution in [0.3, 0.4) is 0 Å². The van der Waals surface area contributed by atoms with E-state index < -0.39 is 30.1 Å². The molecule has 166 valence electrons. The highest BCUT2D eigenvalue weighted by molar-refractivity contribution is 5.72. The number of alkyl halides is 2. The largest absolute Gasteiger partial charge is 0.283 e. The smallest absolute Gasteiger partial charge is 0.260 e. The lowest BCUT2D eigenvalue weighted by molar-refractivity contribution is -0.0539. The minimum absolute atomic E-state index is 0.165. The van der Waals surface area contributed by atoms with Gasteiger partial charge in [-0.2, -0.15) is 0 Å². The van der Waals surface area contributed by atoms with E-state index in [1.807, 2.05) is 31.2 Å². The molecule has 2 aromatic rings. The number of benzene rings is 2. The molecule has 0 fully saturated rings. The highest BCUT2D eigenvalue weighted by Gasteiger charge is 2.41. The van der Waals surface area contributed by atoms with Crippen LogP contribution in [0.2, 0.25) is 0 Å². The fourth-order valence-electron chi connectivity index (χ4n) is 4.39. The normalized spacial score (nSPS) is 20.3. The van der Waals surface area contributed by atoms with Gasteiger partial charge in [-0.15, -0.1) is 0 Å². The monoisotopic (exact) mass is 431 g/mol. The molecule has 1 heterocycles. The lowest BCUT2D eigenvalue weighted by Crippen LogP contribution is -2.47. The first-order valence-corrected chi connectivity index (χ1v) is 10.6. The Kier molecular flexibility index (Phi) is 6.75. The molecular formula is C26H29F4N. The molecule has 0 spiro atoms. The average Bonchev–Trinajstić information content (AvgIpc) is 2.72. The molecule has 1 nitrogen and oxygen atoms in total. The first-order valence-electron chi connectivity index (χ1n) is 10.6. The molecule has 3 rings (SSSR count). The third-order valence-corrected chi connectivity index (χ3v) is 6.21. The van der Waals surface area contributed by atoms with E-state index in [0.29, 0.717) is 17.6 Å². The van der Waals surface area contributed by atoms with Gasteiger partial charge in [0.1, 0.15) is 11.6 Å². The van der Waals surface area contributed by atoms with Gasteiger partial charge in [0.15, 0.2) is 0 Å². The van der Waals surface area contributed by atoms with Gasteiger partial charge >= 0.3 is 0 Å². The summed E-state index contributed by atoms with van der Waals surface area (Å²) >= 11 is 0. The van der Waals surface area contributed by atoms with Crippen molar-refractivity contribution in [3.8, 4) is 0 Å². The quantitative estimate of drug-likeness (QED) is 0.426. The second kappa shape index (κ2) is 8.99. The van der Waals surface area contributed by atoms with Crippen LogP contribution in [0.25, 0.3) is 11.6 Å². The van der Waals surface area contributed by atoms with Crippen LogP contribution in [0.15, 0.2) is 48.6 Å². The van der Waals surface area contributed by atoms with Crippen LogP contribution in [-0.4, -0.2) is 23.4 Å². The second-order valence-corrected chi connectivity index (χ2v) is 8.47. The minimum atomic E-state index is -2.95. The van der Waals surface area contributed by atoms with Gasteiger partial charge in [-0.25, -0.2) is 17.6 Å². The van der Waals surface area contributed by atoms with Crippen LogP contribution in [0, 0.1) is 18.6 Å². The molecule has 5 heteroatoms. The zero-order chi connectivity index (χ0) is 22.9. The fraction of sp³-hybridized carbons (Fsp3) is 0.385. The van der Waals surface area contributed by atoms with Gasteiger partial charge < -0.3 is 0 Å². The Bertz CT molecular complexity index is 968. The van der Waals surface area contributed by atoms with Crippen LogP contribution >= 0.6 is 0 Å². The van der Waals surface area contributed by atoms with Gasteiger partial charge in [0, 0.05) is 18.0 Å². The summed E-state index contributed by atoms with van der Waals surface area (Å²) in [5.41, 5.74) is 3.80. The fourth-order valence-corrected chi connectivity index (χ4v) is 4.39. The summed E-state index contributed by atoms with van der Waals surface area (Å²) in [5.74, 6) is -4.36. The number of rotatable bonds is 6. The van der Waals surface area contributed by atoms with E-state index in [4.69, 9.17) is 0 Å². The van der Waals surface area contributed by atoms with Crippen molar-refractivity contribution in [3.63, 3.8) is 0 Å². The molecule has 2 atom stereocenters. The Morgan fingerprint density at radius 2 is 1.68 bits per heavy atom. The molecule has 1 aliphatic heterocycles. The molecule has 0 bridgehead atoms. The van der Waals surface area contributed by atoms with Crippen molar-refractivity contribution < 1.29 is 17.6 Å². The van der Waals surface area contributed by atoms with E-state index in [9.17, 15) is 8.78 Å². The molecule has 0 amide bonds. The van der Waals surface area contributed by atoms with Crippen LogP contribution in [0.1, 0.15) is 61.9 Å². The number of hydrogen-bond donors (Lipinski definition) is 0. The summed E-state index contributed by atoms with van der Waals surface area (Å²) in [7, 11) is 0. The molecule has 2 aromatic carbocycles. The first kappa shape index (κ1) is 23.3. The number of nitrogens with zero attached hydrogens (tertiary/aromatic N) is 1. The average molecular weight is 432 g/mol. The Balaban J connectivity index is 2.19. The zero-order valence-electron chi connectivity index (χ0n) is 18.5. The SMILES string of the molecule is C=Cc1ccc(C2=C(C)C(c3c(F)cc(C)cc3F)N(CC(F)(F)CC)[C@H](C)C2)cc1. The van der Waals surface area contributed by atoms with Gasteiger partial charge in [0.05, 0.1) is 12.6 Å². The Morgan fingerprint density at radius 1 is 1.10 bits per heavy atom. The molecule has 1 aliphatic rings. The molecule has 0 aliphatic carbocycles. The summed E-state index contributed by atoms with van der Waals surface area (Å²) in [6.45, 7) is 9.87. The molecule has 0 saturated carbocycles. The molecule has 0 saturated heterocycles. The van der Waals surface area contributed by atoms with Crippen molar-refractivity contribution in [1.82, 2.24) is 4.90 Å². The van der Waals surface area contributed by atoms with Crippen molar-refractivity contribution in [2.24, 2.45) is 0 Å². The predicted molar refractivity (Wildman–Crippen MR) is 119 cm³/mol. The Morgan fingerprint density at radius 3 is 2.19 bits per heavy atom. The summed E-state index contributed by atoms with van der Waals surface area (Å²) in [5, 5.41) is 0. The van der Waals surface area contributed by atoms with Gasteiger partial charge in [-0.05, 0) is 67.2 Å². The van der Waals surface area contributed by atoms with E-state index in [-0.39, 0.29) is 18.0 Å². The van der Waals surface area contributed by atoms with E-state index in [0.717, 1.165) is 16.7 Å². The number of hydrogen-bond acceptors (Lipinski definition) is 1. The molecular weight excluding hydrogens is 402 g/mol. The van der Waals surface area contributed by atoms with Crippen molar-refractivity contribution in [3.05, 3.63) is 82.4 Å². The topological polar surface area (TPSA) is 3.24 Å². The highest BCUT2D eigenvalue weighted by Crippen LogP contribution is 2.45. The summed E-state index contributed by atoms with van der Waals surface area (Å²) in [6.07, 6.45) is 1.92. The summed E-state index contributed by atoms with van der Waals surface area (Å²) in [4.78, 5) is 1.55. The number of aryl methyl sites for hydroxylation is 1. The van der Waals surface area contributed by atoms with Crippen molar-refractivity contribution in [2.75, 3.05) is 6.54 Å². The third kappa shape index (κ3) is 4.77. The second-order valence-electron chi connectivity index (χ2n) is 8.47. The van der Waals surface area contributed by atoms with E-state index in [2.05, 4.69) is 6.58 Å². The maximum Gasteiger partial charge on any atom is 0.260 e. The lowest BCUT2D eigenvalue weighted by atomic mass is 9.82. The van der Waals surface area contributed by atoms with E-state index >= 15 is 8.78 Å². The van der Waals surface area contributed by atoms with Gasteiger partial charge in [-0.3, -0.25) is 4.90 Å². The maximum absolute atomic E-state index is 15.0. The van der Waals surface area contributed by atoms with Crippen LogP contribution in [-0.2, 0) is 0 Å². The zero-order valence-corrected chi connectivity index (χ0v) is 18.5. The number of halogens is 4. The Hall–Kier alpha value is -2.40. The molecule has 0 aromatic heterocycles. The minimum Gasteiger partial charge on any atom is -0.283 e. The van der Waals surface area contributed by atoms with Gasteiger partial charge in [0.25, 0.3) is 5.92 Å². The van der Waals surface area contributed by atoms with E-state index in [1.54, 1.807) is 24.8 Å². The van der Waals surface area contributed by atoms with Crippen LogP contribution in [0.5, 0.6) is 0 Å². The van der Waals surface area contributed by atoms with Crippen molar-refractivity contribution in [1.29, 1.82) is 0 Å². The van der Waals surface area contributed by atoms with Crippen LogP contribution < -0.4 is 0 Å². The summed E-state index contributed by atoms with van der Waals surface area (Å²) in [6, 6.07) is 9.03. The standard InChI is InChI=1S/C26H29F4N/c1-6-19-8-10-20(11-9-19)21-14-17(4)31(15-26(29,30)7-2)25(18(21)5)24-22(27)12-16(3)13-23(24)28/h6,8-13,17,25H,1,7,14-15H2,2-5H3/t17-,25?/m1/s1. The third-order valence-electron chi connectivity index (χ3n) is 6.21. The van der Waals surface area contributed by atoms with Gasteiger partial charge in [-0.1, -0.05) is 43.8 Å². The maximum atomic E-state index is 15.0. The van der Waals surface area contributed by atoms with Crippen molar-refractivity contribution >= 4 is 11.6 Å².